The zero-order chi connectivity index (χ0) is 12.1. The summed E-state index contributed by atoms with van der Waals surface area (Å²) < 4.78 is 14.2. The van der Waals surface area contributed by atoms with E-state index in [1.807, 2.05) is 6.92 Å². The van der Waals surface area contributed by atoms with Gasteiger partial charge in [-0.2, -0.15) is 0 Å². The number of hydrogen-bond donors (Lipinski definition) is 1. The van der Waals surface area contributed by atoms with E-state index in [0.717, 1.165) is 4.47 Å². The van der Waals surface area contributed by atoms with Crippen molar-refractivity contribution in [2.45, 2.75) is 13.5 Å². The van der Waals surface area contributed by atoms with Crippen molar-refractivity contribution in [2.75, 3.05) is 13.1 Å². The third-order valence-corrected chi connectivity index (χ3v) is 2.77. The number of hydrogen-bond acceptors (Lipinski definition) is 2. The van der Waals surface area contributed by atoms with Crippen molar-refractivity contribution in [3.05, 3.63) is 34.1 Å². The average molecular weight is 326 g/mol. The molecule has 0 atom stereocenters. The second-order valence-corrected chi connectivity index (χ2v) is 4.26. The number of carbonyl (C=O) groups excluding carboxylic acids is 1. The molecule has 0 aromatic heterocycles. The van der Waals surface area contributed by atoms with Crippen LogP contribution in [0.4, 0.5) is 4.39 Å². The number of nitrogens with two attached hydrogens (primary N) is 1. The summed E-state index contributed by atoms with van der Waals surface area (Å²) in [5.41, 5.74) is 5.76. The molecule has 0 saturated carbocycles. The lowest BCUT2D eigenvalue weighted by Gasteiger charge is -2.20. The minimum Gasteiger partial charge on any atom is -0.337 e. The molecule has 0 spiro atoms. The second kappa shape index (κ2) is 7.63. The van der Waals surface area contributed by atoms with E-state index in [1.165, 1.54) is 11.0 Å². The first-order valence-corrected chi connectivity index (χ1v) is 5.79. The second-order valence-electron chi connectivity index (χ2n) is 3.35. The highest BCUT2D eigenvalue weighted by Crippen LogP contribution is 2.17. The van der Waals surface area contributed by atoms with Crippen molar-refractivity contribution >= 4 is 34.2 Å². The lowest BCUT2D eigenvalue weighted by atomic mass is 10.2. The Morgan fingerprint density at radius 2 is 2.18 bits per heavy atom. The van der Waals surface area contributed by atoms with Crippen LogP contribution in [0.15, 0.2) is 22.7 Å². The summed E-state index contributed by atoms with van der Waals surface area (Å²) in [5.74, 6) is -0.492. The molecule has 1 rings (SSSR count). The molecule has 96 valence electrons. The molecule has 0 aliphatic rings. The molecule has 0 heterocycles. The van der Waals surface area contributed by atoms with Crippen LogP contribution in [0.25, 0.3) is 0 Å². The van der Waals surface area contributed by atoms with E-state index in [1.54, 1.807) is 12.1 Å². The molecular weight excluding hydrogens is 310 g/mol. The van der Waals surface area contributed by atoms with Gasteiger partial charge in [-0.05, 0) is 25.1 Å². The van der Waals surface area contributed by atoms with Crippen molar-refractivity contribution < 1.29 is 9.18 Å². The lowest BCUT2D eigenvalue weighted by Crippen LogP contribution is -2.35. The van der Waals surface area contributed by atoms with Crippen molar-refractivity contribution in [2.24, 2.45) is 5.73 Å². The third kappa shape index (κ3) is 4.61. The van der Waals surface area contributed by atoms with Crippen LogP contribution in [0, 0.1) is 5.82 Å². The summed E-state index contributed by atoms with van der Waals surface area (Å²) in [4.78, 5) is 12.9. The zero-order valence-electron chi connectivity index (χ0n) is 9.45. The van der Waals surface area contributed by atoms with Gasteiger partial charge in [-0.15, -0.1) is 12.4 Å². The maximum atomic E-state index is 13.4. The first-order valence-electron chi connectivity index (χ1n) is 5.00. The van der Waals surface area contributed by atoms with Gasteiger partial charge in [0.2, 0.25) is 5.91 Å². The smallest absolute Gasteiger partial charge is 0.236 e. The summed E-state index contributed by atoms with van der Waals surface area (Å²) >= 11 is 3.27. The van der Waals surface area contributed by atoms with Gasteiger partial charge in [0.15, 0.2) is 0 Å². The Morgan fingerprint density at radius 3 is 2.71 bits per heavy atom. The van der Waals surface area contributed by atoms with Crippen molar-refractivity contribution in [3.8, 4) is 0 Å². The summed E-state index contributed by atoms with van der Waals surface area (Å²) in [7, 11) is 0. The van der Waals surface area contributed by atoms with Gasteiger partial charge in [0.05, 0.1) is 6.54 Å². The molecule has 0 radical (unpaired) electrons. The van der Waals surface area contributed by atoms with Gasteiger partial charge in [-0.25, -0.2) is 4.39 Å². The number of nitrogens with zero attached hydrogens (tertiary/aromatic N) is 1. The molecule has 1 amide bonds. The number of amides is 1. The highest BCUT2D eigenvalue weighted by molar-refractivity contribution is 9.10. The molecule has 1 aromatic carbocycles. The summed E-state index contributed by atoms with van der Waals surface area (Å²) in [6.07, 6.45) is 0. The first kappa shape index (κ1) is 16.4. The molecule has 1 aromatic rings. The SMILES string of the molecule is CCN(Cc1cc(Br)ccc1F)C(=O)CN.Cl. The molecule has 0 bridgehead atoms. The monoisotopic (exact) mass is 324 g/mol. The highest BCUT2D eigenvalue weighted by Gasteiger charge is 2.12. The Hall–Kier alpha value is -0.650. The predicted octanol–water partition coefficient (Wildman–Crippen LogP) is 2.32. The molecule has 6 heteroatoms. The van der Waals surface area contributed by atoms with Crippen LogP contribution in [0.3, 0.4) is 0 Å². The first-order chi connectivity index (χ1) is 7.58. The normalized spacial score (nSPS) is 9.65. The van der Waals surface area contributed by atoms with E-state index < -0.39 is 0 Å². The topological polar surface area (TPSA) is 46.3 Å². The van der Waals surface area contributed by atoms with Crippen molar-refractivity contribution in [1.29, 1.82) is 0 Å². The number of halogens is 3. The molecular formula is C11H15BrClFN2O. The molecule has 0 aliphatic heterocycles. The van der Waals surface area contributed by atoms with Gasteiger partial charge >= 0.3 is 0 Å². The lowest BCUT2D eigenvalue weighted by molar-refractivity contribution is -0.130. The van der Waals surface area contributed by atoms with Gasteiger partial charge < -0.3 is 10.6 Å². The average Bonchev–Trinajstić information content (AvgIpc) is 2.29. The fourth-order valence-corrected chi connectivity index (χ4v) is 1.78. The number of carbonyl (C=O) groups is 1. The number of benzene rings is 1. The van der Waals surface area contributed by atoms with E-state index >= 15 is 0 Å². The van der Waals surface area contributed by atoms with Crippen LogP contribution in [0.1, 0.15) is 12.5 Å². The van der Waals surface area contributed by atoms with Crippen LogP contribution in [-0.4, -0.2) is 23.9 Å². The minimum atomic E-state index is -0.313. The largest absolute Gasteiger partial charge is 0.337 e. The Morgan fingerprint density at radius 1 is 1.53 bits per heavy atom. The quantitative estimate of drug-likeness (QED) is 0.923. The van der Waals surface area contributed by atoms with Crippen LogP contribution >= 0.6 is 28.3 Å². The third-order valence-electron chi connectivity index (χ3n) is 2.28. The summed E-state index contributed by atoms with van der Waals surface area (Å²) in [6.45, 7) is 2.55. The Bertz CT molecular complexity index is 390. The van der Waals surface area contributed by atoms with Crippen molar-refractivity contribution in [3.63, 3.8) is 0 Å². The molecule has 0 fully saturated rings. The Balaban J connectivity index is 0.00000256. The van der Waals surface area contributed by atoms with E-state index in [-0.39, 0.29) is 37.2 Å². The maximum Gasteiger partial charge on any atom is 0.236 e. The van der Waals surface area contributed by atoms with Crippen LogP contribution < -0.4 is 5.73 Å². The highest BCUT2D eigenvalue weighted by atomic mass is 79.9. The van der Waals surface area contributed by atoms with E-state index in [2.05, 4.69) is 15.9 Å². The Labute approximate surface area is 115 Å². The molecule has 3 nitrogen and oxygen atoms in total. The predicted molar refractivity (Wildman–Crippen MR) is 71.5 cm³/mol. The van der Waals surface area contributed by atoms with Crippen LogP contribution in [0.2, 0.25) is 0 Å². The fraction of sp³-hybridized carbons (Fsp3) is 0.364. The maximum absolute atomic E-state index is 13.4. The van der Waals surface area contributed by atoms with Gasteiger partial charge in [0.1, 0.15) is 5.82 Å². The number of rotatable bonds is 4. The van der Waals surface area contributed by atoms with E-state index in [9.17, 15) is 9.18 Å². The van der Waals surface area contributed by atoms with Gasteiger partial charge in [0.25, 0.3) is 0 Å². The van der Waals surface area contributed by atoms with Gasteiger partial charge in [-0.3, -0.25) is 4.79 Å². The van der Waals surface area contributed by atoms with E-state index in [0.29, 0.717) is 12.1 Å². The fourth-order valence-electron chi connectivity index (χ4n) is 1.38. The zero-order valence-corrected chi connectivity index (χ0v) is 11.9. The van der Waals surface area contributed by atoms with Gasteiger partial charge in [-0.1, -0.05) is 15.9 Å². The van der Waals surface area contributed by atoms with Crippen molar-refractivity contribution in [1.82, 2.24) is 4.90 Å². The van der Waals surface area contributed by atoms with Gasteiger partial charge in [0, 0.05) is 23.1 Å². The molecule has 0 unspecified atom stereocenters. The minimum absolute atomic E-state index is 0. The Kier molecular flexibility index (Phi) is 7.34. The summed E-state index contributed by atoms with van der Waals surface area (Å²) in [6, 6.07) is 4.67. The van der Waals surface area contributed by atoms with Crippen LogP contribution in [-0.2, 0) is 11.3 Å². The van der Waals surface area contributed by atoms with E-state index in [4.69, 9.17) is 5.73 Å². The number of likely N-dealkylation sites (N-methyl/N-ethyl adjacent to an activating group) is 1. The molecule has 0 aliphatic carbocycles. The molecule has 0 saturated heterocycles. The standard InChI is InChI=1S/C11H14BrFN2O.ClH/c1-2-15(11(16)6-14)7-8-5-9(12)3-4-10(8)13;/h3-5H,2,6-7,14H2,1H3;1H. The molecule has 17 heavy (non-hydrogen) atoms. The van der Waals surface area contributed by atoms with Crippen LogP contribution in [0.5, 0.6) is 0 Å². The summed E-state index contributed by atoms with van der Waals surface area (Å²) in [5, 5.41) is 0. The molecule has 2 N–H and O–H groups in total.